The molecule has 6 rings (SSSR count). The zero-order chi connectivity index (χ0) is 33.1. The zero-order valence-corrected chi connectivity index (χ0v) is 26.5. The molecule has 1 unspecified atom stereocenters. The van der Waals surface area contributed by atoms with E-state index in [0.717, 1.165) is 27.8 Å². The number of amides is 3. The topological polar surface area (TPSA) is 151 Å². The monoisotopic (exact) mass is 657 g/mol. The minimum atomic E-state index is -1.39. The number of hydrogen-bond acceptors (Lipinski definition) is 8. The maximum Gasteiger partial charge on any atom is 0.407 e. The van der Waals surface area contributed by atoms with Crippen LogP contribution >= 0.6 is 11.8 Å². The first-order valence-corrected chi connectivity index (χ1v) is 16.5. The van der Waals surface area contributed by atoms with Crippen molar-refractivity contribution in [2.45, 2.75) is 49.2 Å². The van der Waals surface area contributed by atoms with Crippen molar-refractivity contribution in [3.8, 4) is 11.1 Å². The number of alkyl carbamates (subject to hydrolysis) is 1. The fourth-order valence-electron chi connectivity index (χ4n) is 6.47. The van der Waals surface area contributed by atoms with Crippen molar-refractivity contribution in [1.82, 2.24) is 15.5 Å². The Bertz CT molecular complexity index is 1640. The Balaban J connectivity index is 1.13. The summed E-state index contributed by atoms with van der Waals surface area (Å²) in [5, 5.41) is 14.7. The highest BCUT2D eigenvalue weighted by Gasteiger charge is 2.49. The first kappa shape index (κ1) is 32.1. The average molecular weight is 658 g/mol. The second-order valence-electron chi connectivity index (χ2n) is 11.9. The number of hydrogen-bond donors (Lipinski definition) is 3. The largest absolute Gasteiger partial charge is 0.480 e. The summed E-state index contributed by atoms with van der Waals surface area (Å²) in [4.78, 5) is 66.8. The van der Waals surface area contributed by atoms with E-state index in [9.17, 15) is 29.1 Å². The van der Waals surface area contributed by atoms with Gasteiger partial charge in [-0.15, -0.1) is 0 Å². The molecule has 11 nitrogen and oxygen atoms in total. The number of carbonyl (C=O) groups is 5. The molecule has 2 fully saturated rings. The van der Waals surface area contributed by atoms with Crippen molar-refractivity contribution in [3.63, 3.8) is 0 Å². The summed E-state index contributed by atoms with van der Waals surface area (Å²) >= 11 is 1.38. The van der Waals surface area contributed by atoms with Crippen LogP contribution in [0.1, 0.15) is 36.0 Å². The van der Waals surface area contributed by atoms with E-state index in [1.54, 1.807) is 12.1 Å². The third-order valence-electron chi connectivity index (χ3n) is 8.92. The maximum absolute atomic E-state index is 13.8. The van der Waals surface area contributed by atoms with Gasteiger partial charge < -0.3 is 30.1 Å². The molecule has 3 aliphatic rings. The van der Waals surface area contributed by atoms with E-state index in [4.69, 9.17) is 9.47 Å². The van der Waals surface area contributed by atoms with Crippen LogP contribution in [0.25, 0.3) is 11.1 Å². The summed E-state index contributed by atoms with van der Waals surface area (Å²) < 4.78 is 11.2. The molecule has 3 aromatic carbocycles. The number of carboxylic acids is 1. The van der Waals surface area contributed by atoms with Crippen LogP contribution in [-0.2, 0) is 35.3 Å². The number of thioether (sulfide) groups is 1. The standard InChI is InChI=1S/C35H35N3O8S/c1-20(36-35(44)46-18-28-25-13-7-5-11-23(25)24-12-6-8-14-26(24)28)31(39)37-30-27(34(43)45-17-21-9-3-2-4-10-21)15-22-16-38(32(30)40)29(19-47-22)33(41)42/h2-14,20,22,27-30H,15-19H2,1H3,(H,36,44)(H,37,39)(H,41,42)/t20-,22?,27+,29-,30-/m0/s1. The SMILES string of the molecule is C[C@H](NC(=O)OCC1c2ccccc2-c2ccccc21)C(=O)N[C@@H]1C(=O)N2CC(C[C@H]1C(=O)OCc1ccccc1)SC[C@H]2C(=O)O. The van der Waals surface area contributed by atoms with Crippen molar-refractivity contribution >= 4 is 41.6 Å². The lowest BCUT2D eigenvalue weighted by Gasteiger charge is -2.35. The fraction of sp³-hybridized carbons (Fsp3) is 0.343. The van der Waals surface area contributed by atoms with Gasteiger partial charge in [-0.3, -0.25) is 14.4 Å². The smallest absolute Gasteiger partial charge is 0.407 e. The molecule has 12 heteroatoms. The maximum atomic E-state index is 13.8. The van der Waals surface area contributed by atoms with E-state index < -0.39 is 53.9 Å². The Labute approximate surface area is 276 Å². The molecule has 0 radical (unpaired) electrons. The lowest BCUT2D eigenvalue weighted by atomic mass is 9.94. The van der Waals surface area contributed by atoms with Gasteiger partial charge in [-0.1, -0.05) is 78.9 Å². The summed E-state index contributed by atoms with van der Waals surface area (Å²) in [6.07, 6.45) is -0.617. The summed E-state index contributed by atoms with van der Waals surface area (Å²) in [5.41, 5.74) is 5.01. The molecule has 0 spiro atoms. The molecule has 2 aliphatic heterocycles. The van der Waals surface area contributed by atoms with Crippen molar-refractivity contribution < 1.29 is 38.6 Å². The first-order valence-electron chi connectivity index (χ1n) is 15.5. The minimum absolute atomic E-state index is 0.0238. The molecule has 2 heterocycles. The number of benzene rings is 3. The van der Waals surface area contributed by atoms with Gasteiger partial charge in [-0.05, 0) is 41.2 Å². The van der Waals surface area contributed by atoms with E-state index in [-0.39, 0.29) is 43.1 Å². The Morgan fingerprint density at radius 3 is 2.23 bits per heavy atom. The van der Waals surface area contributed by atoms with Crippen LogP contribution in [0.3, 0.4) is 0 Å². The minimum Gasteiger partial charge on any atom is -0.480 e. The predicted octanol–water partition coefficient (Wildman–Crippen LogP) is 3.56. The van der Waals surface area contributed by atoms with Gasteiger partial charge >= 0.3 is 18.0 Å². The van der Waals surface area contributed by atoms with Crippen molar-refractivity contribution in [3.05, 3.63) is 95.6 Å². The number of aliphatic carboxylic acids is 1. The highest BCUT2D eigenvalue weighted by molar-refractivity contribution is 8.00. The summed E-state index contributed by atoms with van der Waals surface area (Å²) in [5.74, 6) is -4.31. The number of nitrogens with zero attached hydrogens (tertiary/aromatic N) is 1. The van der Waals surface area contributed by atoms with Gasteiger partial charge in [0.1, 0.15) is 31.3 Å². The first-order chi connectivity index (χ1) is 22.7. The Morgan fingerprint density at radius 1 is 0.936 bits per heavy atom. The molecule has 5 atom stereocenters. The molecule has 0 aromatic heterocycles. The molecule has 0 saturated carbocycles. The van der Waals surface area contributed by atoms with Crippen LogP contribution in [0.2, 0.25) is 0 Å². The molecular weight excluding hydrogens is 622 g/mol. The van der Waals surface area contributed by atoms with Gasteiger partial charge in [0.2, 0.25) is 11.8 Å². The molecule has 2 saturated heterocycles. The van der Waals surface area contributed by atoms with Crippen LogP contribution < -0.4 is 10.6 Å². The molecular formula is C35H35N3O8S. The highest BCUT2D eigenvalue weighted by atomic mass is 32.2. The second kappa shape index (κ2) is 13.9. The van der Waals surface area contributed by atoms with Crippen LogP contribution in [-0.4, -0.2) is 82.1 Å². The summed E-state index contributed by atoms with van der Waals surface area (Å²) in [7, 11) is 0. The van der Waals surface area contributed by atoms with E-state index in [2.05, 4.69) is 10.6 Å². The number of rotatable bonds is 9. The number of esters is 1. The molecule has 47 heavy (non-hydrogen) atoms. The predicted molar refractivity (Wildman–Crippen MR) is 173 cm³/mol. The van der Waals surface area contributed by atoms with Gasteiger partial charge in [0.25, 0.3) is 0 Å². The van der Waals surface area contributed by atoms with Gasteiger partial charge in [0.15, 0.2) is 0 Å². The van der Waals surface area contributed by atoms with Gasteiger partial charge in [-0.25, -0.2) is 9.59 Å². The van der Waals surface area contributed by atoms with Crippen molar-refractivity contribution in [2.24, 2.45) is 5.92 Å². The van der Waals surface area contributed by atoms with E-state index in [0.29, 0.717) is 0 Å². The highest BCUT2D eigenvalue weighted by Crippen LogP contribution is 2.44. The van der Waals surface area contributed by atoms with Gasteiger partial charge in [0.05, 0.1) is 5.92 Å². The lowest BCUT2D eigenvalue weighted by molar-refractivity contribution is -0.156. The van der Waals surface area contributed by atoms with Crippen LogP contribution in [0.4, 0.5) is 4.79 Å². The van der Waals surface area contributed by atoms with Gasteiger partial charge in [-0.2, -0.15) is 11.8 Å². The Morgan fingerprint density at radius 2 is 1.57 bits per heavy atom. The quantitative estimate of drug-likeness (QED) is 0.294. The third kappa shape index (κ3) is 6.83. The van der Waals surface area contributed by atoms with Crippen LogP contribution in [0.5, 0.6) is 0 Å². The molecule has 3 N–H and O–H groups in total. The Hall–Kier alpha value is -4.84. The van der Waals surface area contributed by atoms with Crippen LogP contribution in [0.15, 0.2) is 78.9 Å². The average Bonchev–Trinajstić information content (AvgIpc) is 3.36. The number of nitrogens with one attached hydrogen (secondary N) is 2. The fourth-order valence-corrected chi connectivity index (χ4v) is 7.85. The van der Waals surface area contributed by atoms with E-state index in [1.807, 2.05) is 66.7 Å². The van der Waals surface area contributed by atoms with E-state index in [1.165, 1.54) is 23.6 Å². The third-order valence-corrected chi connectivity index (χ3v) is 10.2. The lowest BCUT2D eigenvalue weighted by Crippen LogP contribution is -2.59. The molecule has 244 valence electrons. The van der Waals surface area contributed by atoms with Crippen LogP contribution in [0, 0.1) is 5.92 Å². The second-order valence-corrected chi connectivity index (χ2v) is 13.2. The number of carbonyl (C=O) groups excluding carboxylic acids is 4. The number of carboxylic acid groups (broad SMARTS) is 1. The van der Waals surface area contributed by atoms with E-state index >= 15 is 0 Å². The number of fused-ring (bicyclic) bond motifs is 5. The molecule has 3 aromatic rings. The molecule has 1 aliphatic carbocycles. The Kier molecular flexibility index (Phi) is 9.48. The summed E-state index contributed by atoms with van der Waals surface area (Å²) in [6.45, 7) is 1.59. The molecule has 2 bridgehead atoms. The number of ether oxygens (including phenoxy) is 2. The zero-order valence-electron chi connectivity index (χ0n) is 25.7. The molecule has 3 amide bonds. The van der Waals surface area contributed by atoms with Gasteiger partial charge in [0, 0.05) is 23.5 Å². The summed E-state index contributed by atoms with van der Waals surface area (Å²) in [6, 6.07) is 21.3. The van der Waals surface area contributed by atoms with Crippen molar-refractivity contribution in [1.29, 1.82) is 0 Å². The normalized spacial score (nSPS) is 22.2. The van der Waals surface area contributed by atoms with Crippen molar-refractivity contribution in [2.75, 3.05) is 18.9 Å².